The van der Waals surface area contributed by atoms with Crippen molar-refractivity contribution in [3.8, 4) is 11.1 Å². The maximum atomic E-state index is 12.8. The number of aromatic amines is 1. The number of aromatic nitrogens is 2. The Hall–Kier alpha value is -4.03. The third-order valence-electron chi connectivity index (χ3n) is 5.15. The summed E-state index contributed by atoms with van der Waals surface area (Å²) in [6.45, 7) is 2.55. The van der Waals surface area contributed by atoms with Gasteiger partial charge in [-0.15, -0.1) is 0 Å². The Morgan fingerprint density at radius 2 is 1.78 bits per heavy atom. The summed E-state index contributed by atoms with van der Waals surface area (Å²) in [5.41, 5.74) is 8.95. The second-order valence-electron chi connectivity index (χ2n) is 7.35. The van der Waals surface area contributed by atoms with Crippen LogP contribution in [-0.2, 0) is 6.42 Å². The van der Waals surface area contributed by atoms with Gasteiger partial charge in [0.1, 0.15) is 6.34 Å². The minimum atomic E-state index is -0.277. The Balaban J connectivity index is 1.62. The van der Waals surface area contributed by atoms with E-state index in [-0.39, 0.29) is 5.91 Å². The number of amides is 1. The van der Waals surface area contributed by atoms with E-state index >= 15 is 0 Å². The molecule has 2 N–H and O–H groups in total. The van der Waals surface area contributed by atoms with E-state index in [4.69, 9.17) is 0 Å². The van der Waals surface area contributed by atoms with Crippen molar-refractivity contribution in [3.63, 3.8) is 0 Å². The number of hydrogen-bond donors (Lipinski definition) is 2. The lowest BCUT2D eigenvalue weighted by Crippen LogP contribution is -2.39. The largest absolute Gasteiger partial charge is 0.348 e. The molecule has 0 atom stereocenters. The number of benzene rings is 3. The van der Waals surface area contributed by atoms with Crippen molar-refractivity contribution in [2.24, 2.45) is 4.99 Å². The summed E-state index contributed by atoms with van der Waals surface area (Å²) in [6.07, 6.45) is 5.78. The van der Waals surface area contributed by atoms with Crippen LogP contribution in [0.15, 0.2) is 96.4 Å². The second kappa shape index (κ2) is 10.3. The number of nitrogens with zero attached hydrogens (tertiary/aromatic N) is 3. The molecule has 3 aromatic carbocycles. The van der Waals surface area contributed by atoms with E-state index in [0.29, 0.717) is 12.1 Å². The molecule has 0 spiro atoms. The molecule has 4 rings (SSSR count). The highest BCUT2D eigenvalue weighted by atomic mass is 16.1. The van der Waals surface area contributed by atoms with Gasteiger partial charge in [-0.25, -0.2) is 10.4 Å². The highest BCUT2D eigenvalue weighted by Gasteiger charge is 2.13. The predicted molar refractivity (Wildman–Crippen MR) is 129 cm³/mol. The number of para-hydroxylation sites is 1. The van der Waals surface area contributed by atoms with Crippen LogP contribution >= 0.6 is 0 Å². The number of carbonyl (C=O) groups excluding carboxylic acids is 1. The molecule has 0 saturated carbocycles. The molecule has 0 aliphatic carbocycles. The first-order valence-corrected chi connectivity index (χ1v) is 10.5. The monoisotopic (exact) mass is 423 g/mol. The van der Waals surface area contributed by atoms with Crippen molar-refractivity contribution in [2.45, 2.75) is 13.3 Å². The van der Waals surface area contributed by atoms with Crippen molar-refractivity contribution < 1.29 is 4.79 Å². The number of nitrogens with one attached hydrogen (secondary N) is 2. The van der Waals surface area contributed by atoms with Gasteiger partial charge in [-0.05, 0) is 30.2 Å². The molecule has 0 aliphatic rings. The summed E-state index contributed by atoms with van der Waals surface area (Å²) < 4.78 is 0. The topological polar surface area (TPSA) is 73.4 Å². The van der Waals surface area contributed by atoms with E-state index in [1.807, 2.05) is 66.5 Å². The van der Waals surface area contributed by atoms with Gasteiger partial charge in [0.2, 0.25) is 0 Å². The van der Waals surface area contributed by atoms with Crippen molar-refractivity contribution in [3.05, 3.63) is 108 Å². The summed E-state index contributed by atoms with van der Waals surface area (Å²) in [6, 6.07) is 25.7. The predicted octanol–water partition coefficient (Wildman–Crippen LogP) is 4.81. The molecule has 0 unspecified atom stereocenters. The molecule has 1 amide bonds. The summed E-state index contributed by atoms with van der Waals surface area (Å²) in [7, 11) is 0. The van der Waals surface area contributed by atoms with Gasteiger partial charge in [0.05, 0.1) is 12.0 Å². The van der Waals surface area contributed by atoms with E-state index in [1.54, 1.807) is 24.9 Å². The lowest BCUT2D eigenvalue weighted by Gasteiger charge is -2.23. The maximum Gasteiger partial charge on any atom is 0.278 e. The SMILES string of the molecule is Cc1ccccc1C(=O)N=CN(NCCc1cnc[nH]1)c1ccccc1-c1ccccc1. The van der Waals surface area contributed by atoms with Crippen LogP contribution in [0.4, 0.5) is 5.69 Å². The number of H-pyrrole nitrogens is 1. The van der Waals surface area contributed by atoms with Crippen LogP contribution in [0, 0.1) is 6.92 Å². The number of anilines is 1. The first-order valence-electron chi connectivity index (χ1n) is 10.5. The Bertz CT molecular complexity index is 1190. The third kappa shape index (κ3) is 5.17. The van der Waals surface area contributed by atoms with Crippen LogP contribution < -0.4 is 10.4 Å². The second-order valence-corrected chi connectivity index (χ2v) is 7.35. The lowest BCUT2D eigenvalue weighted by molar-refractivity contribution is 0.100. The molecule has 1 aromatic heterocycles. The summed E-state index contributed by atoms with van der Waals surface area (Å²) in [4.78, 5) is 24.2. The van der Waals surface area contributed by atoms with Crippen LogP contribution in [0.2, 0.25) is 0 Å². The fraction of sp³-hybridized carbons (Fsp3) is 0.115. The Kier molecular flexibility index (Phi) is 6.84. The number of hydrogen-bond acceptors (Lipinski definition) is 3. The first kappa shape index (κ1) is 21.2. The fourth-order valence-electron chi connectivity index (χ4n) is 3.46. The zero-order valence-corrected chi connectivity index (χ0v) is 17.9. The standard InChI is InChI=1S/C26H25N5O/c1-20-9-5-6-12-23(20)26(32)29-19-31(30-16-15-22-17-27-18-28-22)25-14-8-7-13-24(25)21-10-3-2-4-11-21/h2-14,17-19,30H,15-16H2,1H3,(H,27,28). The quantitative estimate of drug-likeness (QED) is 0.242. The average Bonchev–Trinajstić information content (AvgIpc) is 3.35. The van der Waals surface area contributed by atoms with Crippen molar-refractivity contribution in [1.82, 2.24) is 15.4 Å². The van der Waals surface area contributed by atoms with Gasteiger partial charge < -0.3 is 4.98 Å². The molecule has 0 fully saturated rings. The smallest absolute Gasteiger partial charge is 0.278 e. The van der Waals surface area contributed by atoms with Crippen LogP contribution in [0.5, 0.6) is 0 Å². The lowest BCUT2D eigenvalue weighted by atomic mass is 10.0. The molecule has 0 aliphatic heterocycles. The van der Waals surface area contributed by atoms with Crippen molar-refractivity contribution in [1.29, 1.82) is 0 Å². The molecule has 1 heterocycles. The van der Waals surface area contributed by atoms with E-state index < -0.39 is 0 Å². The highest BCUT2D eigenvalue weighted by Crippen LogP contribution is 2.29. The number of rotatable bonds is 8. The molecular weight excluding hydrogens is 398 g/mol. The summed E-state index contributed by atoms with van der Waals surface area (Å²) >= 11 is 0. The molecule has 0 bridgehead atoms. The molecule has 0 saturated heterocycles. The number of hydrazine groups is 1. The Labute approximate surface area is 187 Å². The number of aliphatic imine (C=N–C) groups is 1. The highest BCUT2D eigenvalue weighted by molar-refractivity contribution is 6.02. The van der Waals surface area contributed by atoms with E-state index in [9.17, 15) is 4.79 Å². The minimum absolute atomic E-state index is 0.277. The number of imidazole rings is 1. The Morgan fingerprint density at radius 1 is 1.03 bits per heavy atom. The van der Waals surface area contributed by atoms with Crippen LogP contribution in [0.3, 0.4) is 0 Å². The summed E-state index contributed by atoms with van der Waals surface area (Å²) in [5, 5.41) is 1.81. The third-order valence-corrected chi connectivity index (χ3v) is 5.15. The number of aryl methyl sites for hydroxylation is 1. The van der Waals surface area contributed by atoms with E-state index in [2.05, 4.69) is 38.6 Å². The average molecular weight is 424 g/mol. The van der Waals surface area contributed by atoms with Gasteiger partial charge >= 0.3 is 0 Å². The minimum Gasteiger partial charge on any atom is -0.348 e. The normalized spacial score (nSPS) is 11.0. The van der Waals surface area contributed by atoms with E-state index in [0.717, 1.165) is 34.5 Å². The van der Waals surface area contributed by atoms with Gasteiger partial charge in [-0.2, -0.15) is 4.99 Å². The molecule has 6 heteroatoms. The van der Waals surface area contributed by atoms with Crippen LogP contribution in [0.25, 0.3) is 11.1 Å². The summed E-state index contributed by atoms with van der Waals surface area (Å²) in [5.74, 6) is -0.277. The zero-order valence-electron chi connectivity index (χ0n) is 17.9. The van der Waals surface area contributed by atoms with Crippen molar-refractivity contribution >= 4 is 17.9 Å². The van der Waals surface area contributed by atoms with Crippen molar-refractivity contribution in [2.75, 3.05) is 11.6 Å². The van der Waals surface area contributed by atoms with Gasteiger partial charge in [0.15, 0.2) is 0 Å². The first-order chi connectivity index (χ1) is 15.7. The molecule has 6 nitrogen and oxygen atoms in total. The van der Waals surface area contributed by atoms with Gasteiger partial charge in [-0.1, -0.05) is 66.7 Å². The molecule has 0 radical (unpaired) electrons. The molecule has 32 heavy (non-hydrogen) atoms. The number of carbonyl (C=O) groups is 1. The van der Waals surface area contributed by atoms with E-state index in [1.165, 1.54) is 0 Å². The maximum absolute atomic E-state index is 12.8. The molecular formula is C26H25N5O. The zero-order chi connectivity index (χ0) is 22.2. The van der Waals surface area contributed by atoms with Gasteiger partial charge in [0.25, 0.3) is 5.91 Å². The molecule has 4 aromatic rings. The van der Waals surface area contributed by atoms with Gasteiger partial charge in [0, 0.05) is 36.0 Å². The van der Waals surface area contributed by atoms with Crippen LogP contribution in [0.1, 0.15) is 21.6 Å². The molecule has 160 valence electrons. The fourth-order valence-corrected chi connectivity index (χ4v) is 3.46. The van der Waals surface area contributed by atoms with Gasteiger partial charge in [-0.3, -0.25) is 9.80 Å². The van der Waals surface area contributed by atoms with Crippen LogP contribution in [-0.4, -0.2) is 28.8 Å². The Morgan fingerprint density at radius 3 is 2.56 bits per heavy atom.